The average Bonchev–Trinajstić information content (AvgIpc) is 3.40. The molecule has 1 heterocycles. The van der Waals surface area contributed by atoms with E-state index in [2.05, 4.69) is 96.8 Å². The van der Waals surface area contributed by atoms with Gasteiger partial charge in [0.2, 0.25) is 0 Å². The predicted molar refractivity (Wildman–Crippen MR) is 206 cm³/mol. The summed E-state index contributed by atoms with van der Waals surface area (Å²) in [6.45, 7) is 21.7. The molecule has 0 bridgehead atoms. The third kappa shape index (κ3) is 11.0. The topological polar surface area (TPSA) is 15.3 Å². The van der Waals surface area contributed by atoms with Crippen LogP contribution in [-0.2, 0) is 13.5 Å². The molecular formula is C40H57Cl2N2PRu. The molecule has 0 aromatic heterocycles. The summed E-state index contributed by atoms with van der Waals surface area (Å²) in [6, 6.07) is 19.7. The molecule has 1 saturated heterocycles. The van der Waals surface area contributed by atoms with Gasteiger partial charge in [-0.25, -0.2) is 0 Å². The molecule has 1 aliphatic heterocycles. The normalized spacial score (nSPS) is 15.8. The number of nitrogens with zero attached hydrogens (tertiary/aromatic N) is 1. The van der Waals surface area contributed by atoms with Crippen molar-refractivity contribution in [3.05, 3.63) is 110 Å². The van der Waals surface area contributed by atoms with E-state index in [1.807, 2.05) is 34.9 Å². The Hall–Kier alpha value is -1.50. The van der Waals surface area contributed by atoms with E-state index in [1.54, 1.807) is 5.57 Å². The van der Waals surface area contributed by atoms with Crippen LogP contribution in [-0.4, -0.2) is 29.6 Å². The maximum atomic E-state index is 5.67. The molecule has 46 heavy (non-hydrogen) atoms. The van der Waals surface area contributed by atoms with Gasteiger partial charge in [0.25, 0.3) is 0 Å². The van der Waals surface area contributed by atoms with Crippen molar-refractivity contribution in [1.82, 2.24) is 5.32 Å². The molecule has 1 unspecified atom stereocenters. The minimum absolute atomic E-state index is 0.0480. The molecule has 0 aliphatic carbocycles. The van der Waals surface area contributed by atoms with Gasteiger partial charge < -0.3 is 10.2 Å². The zero-order chi connectivity index (χ0) is 33.8. The summed E-state index contributed by atoms with van der Waals surface area (Å²) in [5.74, 6) is 1.40. The molecule has 254 valence electrons. The molecule has 4 rings (SSSR count). The number of benzene rings is 3. The molecular weight excluding hydrogens is 711 g/mol. The van der Waals surface area contributed by atoms with Crippen molar-refractivity contribution < 1.29 is 13.5 Å². The van der Waals surface area contributed by atoms with Gasteiger partial charge in [0, 0.05) is 12.2 Å². The van der Waals surface area contributed by atoms with Crippen LogP contribution in [0.3, 0.4) is 0 Å². The monoisotopic (exact) mass is 768 g/mol. The number of unbranched alkanes of at least 4 members (excludes halogenated alkanes) is 2. The molecule has 0 amide bonds. The van der Waals surface area contributed by atoms with Gasteiger partial charge in [-0.15, -0.1) is 7.92 Å². The Morgan fingerprint density at radius 1 is 0.826 bits per heavy atom. The molecule has 1 aliphatic rings. The molecule has 1 atom stereocenters. The Labute approximate surface area is 295 Å². The van der Waals surface area contributed by atoms with E-state index in [-0.39, 0.29) is 7.92 Å². The summed E-state index contributed by atoms with van der Waals surface area (Å²) in [4.78, 5) is 2.71. The van der Waals surface area contributed by atoms with E-state index >= 15 is 0 Å². The third-order valence-corrected chi connectivity index (χ3v) is 13.4. The van der Waals surface area contributed by atoms with E-state index in [4.69, 9.17) is 19.4 Å². The van der Waals surface area contributed by atoms with Crippen LogP contribution in [0.25, 0.3) is 0 Å². The van der Waals surface area contributed by atoms with Crippen molar-refractivity contribution in [1.29, 1.82) is 0 Å². The van der Waals surface area contributed by atoms with Crippen molar-refractivity contribution in [2.24, 2.45) is 0 Å². The van der Waals surface area contributed by atoms with Crippen molar-refractivity contribution in [3.8, 4) is 0 Å². The van der Waals surface area contributed by atoms with Crippen LogP contribution in [0.5, 0.6) is 0 Å². The molecule has 3 aromatic rings. The first-order valence-electron chi connectivity index (χ1n) is 17.0. The second kappa shape index (κ2) is 19.5. The Balaban J connectivity index is 0.000000489. The standard InChI is InChI=1S/C33H51N2P.C7H6.2ClH.Ru/c1-10-13-15-36(16-14-11-2)22-29(12-3)33-34-21-30(31-25(6)17-23(4)18-26(31)7)35(33)32-27(8)19-24(5)20-28(32)9;1-7-5-3-2-4-6-7;;;/h17-20,30,34H,10-16,21-22H2,1-9H3;1-6H;2*1H;/q;;;;+2/p-2. The molecule has 1 N–H and O–H groups in total. The van der Waals surface area contributed by atoms with Crippen LogP contribution in [0.15, 0.2) is 66.0 Å². The summed E-state index contributed by atoms with van der Waals surface area (Å²) < 4.78 is 1.92. The van der Waals surface area contributed by atoms with Gasteiger partial charge in [0.1, 0.15) is 5.82 Å². The zero-order valence-corrected chi connectivity index (χ0v) is 33.9. The first kappa shape index (κ1) is 38.9. The van der Waals surface area contributed by atoms with Crippen LogP contribution in [0.2, 0.25) is 0 Å². The summed E-state index contributed by atoms with van der Waals surface area (Å²) in [7, 11) is 11.4. The molecule has 6 heteroatoms. The predicted octanol–water partition coefficient (Wildman–Crippen LogP) is 12.2. The Kier molecular flexibility index (Phi) is 16.5. The number of halogens is 2. The minimum atomic E-state index is -1.61. The van der Waals surface area contributed by atoms with E-state index in [0.717, 1.165) is 18.5 Å². The molecule has 2 nitrogen and oxygen atoms in total. The van der Waals surface area contributed by atoms with Crippen LogP contribution in [0.1, 0.15) is 103 Å². The molecule has 3 aromatic carbocycles. The van der Waals surface area contributed by atoms with E-state index in [0.29, 0.717) is 6.04 Å². The summed E-state index contributed by atoms with van der Waals surface area (Å²) in [5, 5.41) is 3.98. The molecule has 0 spiro atoms. The Morgan fingerprint density at radius 2 is 1.35 bits per heavy atom. The van der Waals surface area contributed by atoms with Gasteiger partial charge in [-0.2, -0.15) is 0 Å². The van der Waals surface area contributed by atoms with Crippen LogP contribution in [0, 0.1) is 41.5 Å². The van der Waals surface area contributed by atoms with Gasteiger partial charge in [-0.3, -0.25) is 0 Å². The van der Waals surface area contributed by atoms with E-state index in [9.17, 15) is 0 Å². The summed E-state index contributed by atoms with van der Waals surface area (Å²) >= 11 is -1.61. The van der Waals surface area contributed by atoms with Crippen molar-refractivity contribution >= 4 is 37.6 Å². The van der Waals surface area contributed by atoms with Gasteiger partial charge in [-0.1, -0.05) is 69.0 Å². The first-order chi connectivity index (χ1) is 22.0. The number of allylic oxidation sites excluding steroid dienone is 1. The number of rotatable bonds is 12. The number of aryl methyl sites for hydroxylation is 6. The fourth-order valence-electron chi connectivity index (χ4n) is 6.86. The van der Waals surface area contributed by atoms with Crippen molar-refractivity contribution in [2.75, 3.05) is 29.9 Å². The second-order valence-corrected chi connectivity index (χ2v) is 21.1. The Morgan fingerprint density at radius 3 is 1.83 bits per heavy atom. The quantitative estimate of drug-likeness (QED) is 0.146. The second-order valence-electron chi connectivity index (χ2n) is 12.8. The van der Waals surface area contributed by atoms with Gasteiger partial charge in [0.15, 0.2) is 0 Å². The number of anilines is 1. The van der Waals surface area contributed by atoms with Gasteiger partial charge in [-0.05, 0) is 113 Å². The summed E-state index contributed by atoms with van der Waals surface area (Å²) in [5.41, 5.74) is 14.0. The fourth-order valence-corrected chi connectivity index (χ4v) is 11.7. The SMILES string of the molecule is CCCCP(CCCC)CC(CC)=C1NCC(c2c(C)cc(C)cc2C)N1c1c(C)cc(C)cc1C.[Cl][Ru]([Cl])=[CH]c1ccccc1. The number of nitrogens with one attached hydrogen (secondary N) is 1. The fraction of sp³-hybridized carbons (Fsp3) is 0.475. The molecule has 0 radical (unpaired) electrons. The van der Waals surface area contributed by atoms with E-state index < -0.39 is 13.5 Å². The Bertz CT molecular complexity index is 1430. The van der Waals surface area contributed by atoms with Crippen LogP contribution < -0.4 is 10.2 Å². The van der Waals surface area contributed by atoms with Crippen LogP contribution >= 0.6 is 27.3 Å². The van der Waals surface area contributed by atoms with Gasteiger partial charge in [0.05, 0.1) is 6.04 Å². The molecule has 1 fully saturated rings. The summed E-state index contributed by atoms with van der Waals surface area (Å²) in [6.07, 6.45) is 10.6. The number of hydrogen-bond donors (Lipinski definition) is 1. The first-order valence-corrected chi connectivity index (χ1v) is 24.4. The zero-order valence-electron chi connectivity index (χ0n) is 29.7. The van der Waals surface area contributed by atoms with E-state index in [1.165, 1.54) is 94.6 Å². The van der Waals surface area contributed by atoms with Crippen LogP contribution in [0.4, 0.5) is 5.69 Å². The molecule has 0 saturated carbocycles. The average molecular weight is 769 g/mol. The number of hydrogen-bond acceptors (Lipinski definition) is 2. The maximum absolute atomic E-state index is 5.67. The third-order valence-electron chi connectivity index (χ3n) is 8.79. The van der Waals surface area contributed by atoms with Crippen molar-refractivity contribution in [2.45, 2.75) is 100 Å². The van der Waals surface area contributed by atoms with Gasteiger partial charge >= 0.3 is 73.4 Å². The van der Waals surface area contributed by atoms with Crippen molar-refractivity contribution in [3.63, 3.8) is 0 Å².